The number of benzene rings is 1. The van der Waals surface area contributed by atoms with E-state index in [-0.39, 0.29) is 29.7 Å². The van der Waals surface area contributed by atoms with Gasteiger partial charge in [0.1, 0.15) is 0 Å². The molecule has 1 heterocycles. The van der Waals surface area contributed by atoms with Gasteiger partial charge in [0.05, 0.1) is 12.3 Å². The number of hydrogen-bond acceptors (Lipinski definition) is 4. The van der Waals surface area contributed by atoms with Gasteiger partial charge in [-0.3, -0.25) is 0 Å². The number of hydrogen-bond donors (Lipinski definition) is 2. The summed E-state index contributed by atoms with van der Waals surface area (Å²) in [4.78, 5) is 4.47. The topological polar surface area (TPSA) is 73.8 Å². The van der Waals surface area contributed by atoms with Gasteiger partial charge < -0.3 is 10.6 Å². The van der Waals surface area contributed by atoms with E-state index in [9.17, 15) is 8.42 Å². The molecule has 2 N–H and O–H groups in total. The first kappa shape index (κ1) is 23.8. The molecule has 0 amide bonds. The zero-order valence-electron chi connectivity index (χ0n) is 14.8. The molecular weight excluding hydrogens is 507 g/mol. The number of guanidine groups is 1. The zero-order valence-corrected chi connectivity index (χ0v) is 19.5. The zero-order chi connectivity index (χ0) is 18.1. The molecule has 0 spiro atoms. The summed E-state index contributed by atoms with van der Waals surface area (Å²) >= 11 is 7.93. The van der Waals surface area contributed by atoms with Gasteiger partial charge in [0.25, 0.3) is 0 Å². The van der Waals surface area contributed by atoms with Gasteiger partial charge in [-0.15, -0.1) is 24.0 Å². The Kier molecular flexibility index (Phi) is 11.2. The summed E-state index contributed by atoms with van der Waals surface area (Å²) < 4.78 is 26.3. The summed E-state index contributed by atoms with van der Waals surface area (Å²) in [6, 6.07) is 7.55. The number of rotatable bonds is 7. The Morgan fingerprint density at radius 3 is 2.62 bits per heavy atom. The van der Waals surface area contributed by atoms with Crippen molar-refractivity contribution in [2.75, 3.05) is 43.4 Å². The van der Waals surface area contributed by atoms with E-state index < -0.39 is 10.0 Å². The SMILES string of the molecule is CCNC(=NCc1ccccc1Cl)NCCS(=O)(=O)N1CCSCC1.I. The minimum Gasteiger partial charge on any atom is -0.357 e. The molecule has 0 radical (unpaired) electrons. The van der Waals surface area contributed by atoms with E-state index in [4.69, 9.17) is 11.6 Å². The van der Waals surface area contributed by atoms with Gasteiger partial charge >= 0.3 is 0 Å². The lowest BCUT2D eigenvalue weighted by atomic mass is 10.2. The fraction of sp³-hybridized carbons (Fsp3) is 0.562. The highest BCUT2D eigenvalue weighted by Crippen LogP contribution is 2.15. The molecule has 6 nitrogen and oxygen atoms in total. The minimum atomic E-state index is -3.21. The van der Waals surface area contributed by atoms with Crippen LogP contribution in [0, 0.1) is 0 Å². The maximum absolute atomic E-state index is 12.3. The van der Waals surface area contributed by atoms with E-state index in [0.29, 0.717) is 43.7 Å². The Morgan fingerprint density at radius 2 is 1.96 bits per heavy atom. The molecule has 0 atom stereocenters. The van der Waals surface area contributed by atoms with Crippen molar-refractivity contribution in [2.45, 2.75) is 13.5 Å². The lowest BCUT2D eigenvalue weighted by Gasteiger charge is -2.25. The van der Waals surface area contributed by atoms with Crippen LogP contribution in [0.5, 0.6) is 0 Å². The average molecular weight is 533 g/mol. The molecule has 10 heteroatoms. The van der Waals surface area contributed by atoms with Gasteiger partial charge in [-0.05, 0) is 18.6 Å². The van der Waals surface area contributed by atoms with Crippen LogP contribution in [-0.4, -0.2) is 62.1 Å². The number of nitrogens with one attached hydrogen (secondary N) is 2. The molecule has 1 aliphatic heterocycles. The fourth-order valence-electron chi connectivity index (χ4n) is 2.38. The largest absolute Gasteiger partial charge is 0.357 e. The molecule has 1 fully saturated rings. The Balaban J connectivity index is 0.00000338. The summed E-state index contributed by atoms with van der Waals surface area (Å²) in [5, 5.41) is 6.89. The second kappa shape index (κ2) is 12.3. The molecule has 148 valence electrons. The van der Waals surface area contributed by atoms with E-state index in [1.807, 2.05) is 31.2 Å². The maximum Gasteiger partial charge on any atom is 0.215 e. The van der Waals surface area contributed by atoms with Crippen molar-refractivity contribution in [3.05, 3.63) is 34.9 Å². The van der Waals surface area contributed by atoms with Crippen LogP contribution in [0.25, 0.3) is 0 Å². The van der Waals surface area contributed by atoms with Crippen molar-refractivity contribution < 1.29 is 8.42 Å². The number of thioether (sulfide) groups is 1. The van der Waals surface area contributed by atoms with E-state index >= 15 is 0 Å². The predicted octanol–water partition coefficient (Wildman–Crippen LogP) is 2.39. The Hall–Kier alpha value is -0.230. The van der Waals surface area contributed by atoms with Crippen molar-refractivity contribution in [2.24, 2.45) is 4.99 Å². The average Bonchev–Trinajstić information content (AvgIpc) is 2.61. The number of sulfonamides is 1. The van der Waals surface area contributed by atoms with Crippen LogP contribution in [0.1, 0.15) is 12.5 Å². The number of halogens is 2. The second-order valence-corrected chi connectivity index (χ2v) is 9.26. The first-order chi connectivity index (χ1) is 12.0. The molecular formula is C16H26ClIN4O2S2. The van der Waals surface area contributed by atoms with Crippen LogP contribution in [0.4, 0.5) is 0 Å². The first-order valence-electron chi connectivity index (χ1n) is 8.34. The monoisotopic (exact) mass is 532 g/mol. The summed E-state index contributed by atoms with van der Waals surface area (Å²) in [6.45, 7) is 4.63. The lowest BCUT2D eigenvalue weighted by molar-refractivity contribution is 0.443. The molecule has 1 saturated heterocycles. The standard InChI is InChI=1S/C16H25ClN4O2S2.HI/c1-2-18-16(20-13-14-5-3-4-6-15(14)17)19-7-12-25(22,23)21-8-10-24-11-9-21;/h3-6H,2,7-13H2,1H3,(H2,18,19,20);1H. The maximum atomic E-state index is 12.3. The van der Waals surface area contributed by atoms with Crippen molar-refractivity contribution in [1.29, 1.82) is 0 Å². The Labute approximate surface area is 182 Å². The van der Waals surface area contributed by atoms with Gasteiger partial charge in [0.15, 0.2) is 5.96 Å². The minimum absolute atomic E-state index is 0. The predicted molar refractivity (Wildman–Crippen MR) is 122 cm³/mol. The summed E-state index contributed by atoms with van der Waals surface area (Å²) in [6.07, 6.45) is 0. The summed E-state index contributed by atoms with van der Waals surface area (Å²) in [5.74, 6) is 2.39. The molecule has 1 aliphatic rings. The fourth-order valence-corrected chi connectivity index (χ4v) is 5.07. The van der Waals surface area contributed by atoms with Gasteiger partial charge in [0, 0.05) is 42.7 Å². The molecule has 0 unspecified atom stereocenters. The van der Waals surface area contributed by atoms with Crippen molar-refractivity contribution in [3.63, 3.8) is 0 Å². The van der Waals surface area contributed by atoms with E-state index in [2.05, 4.69) is 15.6 Å². The summed E-state index contributed by atoms with van der Waals surface area (Å²) in [7, 11) is -3.21. The van der Waals surface area contributed by atoms with Crippen LogP contribution in [0.3, 0.4) is 0 Å². The molecule has 1 aromatic carbocycles. The first-order valence-corrected chi connectivity index (χ1v) is 11.5. The quantitative estimate of drug-likeness (QED) is 0.321. The molecule has 2 rings (SSSR count). The third-order valence-electron chi connectivity index (χ3n) is 3.73. The van der Waals surface area contributed by atoms with Gasteiger partial charge in [-0.25, -0.2) is 17.7 Å². The van der Waals surface area contributed by atoms with Crippen molar-refractivity contribution >= 4 is 63.3 Å². The molecule has 0 aromatic heterocycles. The van der Waals surface area contributed by atoms with Gasteiger partial charge in [-0.1, -0.05) is 29.8 Å². The highest BCUT2D eigenvalue weighted by molar-refractivity contribution is 14.0. The van der Waals surface area contributed by atoms with Crippen molar-refractivity contribution in [1.82, 2.24) is 14.9 Å². The highest BCUT2D eigenvalue weighted by Gasteiger charge is 2.23. The normalized spacial score (nSPS) is 16.0. The smallest absolute Gasteiger partial charge is 0.215 e. The molecule has 0 bridgehead atoms. The van der Waals surface area contributed by atoms with E-state index in [0.717, 1.165) is 17.1 Å². The third kappa shape index (κ3) is 7.79. The van der Waals surface area contributed by atoms with Crippen LogP contribution in [-0.2, 0) is 16.6 Å². The molecule has 0 saturated carbocycles. The highest BCUT2D eigenvalue weighted by atomic mass is 127. The molecule has 0 aliphatic carbocycles. The third-order valence-corrected chi connectivity index (χ3v) is 6.91. The van der Waals surface area contributed by atoms with Crippen LogP contribution >= 0.6 is 47.3 Å². The van der Waals surface area contributed by atoms with Crippen molar-refractivity contribution in [3.8, 4) is 0 Å². The second-order valence-electron chi connectivity index (χ2n) is 5.54. The lowest BCUT2D eigenvalue weighted by Crippen LogP contribution is -2.44. The number of aliphatic imine (C=N–C) groups is 1. The summed E-state index contributed by atoms with van der Waals surface area (Å²) in [5.41, 5.74) is 0.930. The Bertz CT molecular complexity index is 683. The van der Waals surface area contributed by atoms with Crippen LogP contribution < -0.4 is 10.6 Å². The van der Waals surface area contributed by atoms with Crippen LogP contribution in [0.15, 0.2) is 29.3 Å². The number of nitrogens with zero attached hydrogens (tertiary/aromatic N) is 2. The van der Waals surface area contributed by atoms with E-state index in [1.165, 1.54) is 0 Å². The van der Waals surface area contributed by atoms with E-state index in [1.54, 1.807) is 16.1 Å². The Morgan fingerprint density at radius 1 is 1.27 bits per heavy atom. The molecule has 26 heavy (non-hydrogen) atoms. The van der Waals surface area contributed by atoms with Crippen LogP contribution in [0.2, 0.25) is 5.02 Å². The van der Waals surface area contributed by atoms with Gasteiger partial charge in [-0.2, -0.15) is 11.8 Å². The molecule has 1 aromatic rings. The van der Waals surface area contributed by atoms with Gasteiger partial charge in [0.2, 0.25) is 10.0 Å².